The number of aryl methyl sites for hydroxylation is 1. The molecule has 0 saturated heterocycles. The Morgan fingerprint density at radius 2 is 2.19 bits per heavy atom. The molecule has 1 unspecified atom stereocenters. The van der Waals surface area contributed by atoms with Gasteiger partial charge in [0.05, 0.1) is 27.7 Å². The van der Waals surface area contributed by atoms with E-state index in [9.17, 15) is 4.79 Å². The van der Waals surface area contributed by atoms with E-state index < -0.39 is 5.25 Å². The predicted octanol–water partition coefficient (Wildman–Crippen LogP) is 4.28. The Labute approximate surface area is 158 Å². The van der Waals surface area contributed by atoms with E-state index in [1.807, 2.05) is 6.07 Å². The standard InChI is InChI=1S/C17H13ClN4O3S/c1-9-13(5-6-24-9)16-21-22-17(25-16)26-10(2)15(23)20-12-4-3-11(8-19)14(18)7-12/h3-7,10H,1-2H3,(H,20,23). The number of halogens is 1. The molecule has 0 radical (unpaired) electrons. The molecule has 2 heterocycles. The van der Waals surface area contributed by atoms with Crippen LogP contribution in [-0.2, 0) is 4.79 Å². The minimum absolute atomic E-state index is 0.255. The molecular weight excluding hydrogens is 376 g/mol. The maximum atomic E-state index is 12.3. The number of anilines is 1. The first-order chi connectivity index (χ1) is 12.5. The van der Waals surface area contributed by atoms with Gasteiger partial charge >= 0.3 is 0 Å². The van der Waals surface area contributed by atoms with E-state index in [2.05, 4.69) is 15.5 Å². The van der Waals surface area contributed by atoms with Crippen molar-refractivity contribution < 1.29 is 13.6 Å². The zero-order valence-electron chi connectivity index (χ0n) is 13.8. The molecule has 3 rings (SSSR count). The van der Waals surface area contributed by atoms with Crippen LogP contribution in [0.4, 0.5) is 5.69 Å². The average molecular weight is 389 g/mol. The average Bonchev–Trinajstić information content (AvgIpc) is 3.23. The van der Waals surface area contributed by atoms with Crippen molar-refractivity contribution in [2.24, 2.45) is 0 Å². The van der Waals surface area contributed by atoms with Gasteiger partial charge < -0.3 is 14.2 Å². The first kappa shape index (κ1) is 18.0. The van der Waals surface area contributed by atoms with Crippen molar-refractivity contribution in [3.05, 3.63) is 46.9 Å². The summed E-state index contributed by atoms with van der Waals surface area (Å²) in [6, 6.07) is 8.40. The first-order valence-electron chi connectivity index (χ1n) is 7.53. The maximum absolute atomic E-state index is 12.3. The summed E-state index contributed by atoms with van der Waals surface area (Å²) in [6.45, 7) is 3.52. The van der Waals surface area contributed by atoms with Crippen molar-refractivity contribution in [1.29, 1.82) is 5.26 Å². The molecule has 2 aromatic heterocycles. The van der Waals surface area contributed by atoms with Crippen LogP contribution in [0.2, 0.25) is 5.02 Å². The van der Waals surface area contributed by atoms with Crippen LogP contribution in [0.3, 0.4) is 0 Å². The number of furan rings is 1. The van der Waals surface area contributed by atoms with Crippen LogP contribution in [0.1, 0.15) is 18.2 Å². The van der Waals surface area contributed by atoms with Gasteiger partial charge in [-0.15, -0.1) is 10.2 Å². The Hall–Kier alpha value is -2.76. The Kier molecular flexibility index (Phi) is 5.30. The number of carbonyl (C=O) groups excluding carboxylic acids is 1. The fraction of sp³-hybridized carbons (Fsp3) is 0.176. The lowest BCUT2D eigenvalue weighted by atomic mass is 10.2. The summed E-state index contributed by atoms with van der Waals surface area (Å²) in [5, 5.41) is 19.6. The van der Waals surface area contributed by atoms with Gasteiger partial charge in [0, 0.05) is 5.69 Å². The lowest BCUT2D eigenvalue weighted by Crippen LogP contribution is -2.22. The van der Waals surface area contributed by atoms with Crippen LogP contribution < -0.4 is 5.32 Å². The number of nitrogens with one attached hydrogen (secondary N) is 1. The quantitative estimate of drug-likeness (QED) is 0.650. The number of carbonyl (C=O) groups is 1. The van der Waals surface area contributed by atoms with Crippen molar-refractivity contribution in [1.82, 2.24) is 10.2 Å². The van der Waals surface area contributed by atoms with Crippen LogP contribution >= 0.6 is 23.4 Å². The second kappa shape index (κ2) is 7.64. The minimum Gasteiger partial charge on any atom is -0.469 e. The zero-order chi connectivity index (χ0) is 18.7. The lowest BCUT2D eigenvalue weighted by Gasteiger charge is -2.10. The molecule has 26 heavy (non-hydrogen) atoms. The lowest BCUT2D eigenvalue weighted by molar-refractivity contribution is -0.115. The summed E-state index contributed by atoms with van der Waals surface area (Å²) < 4.78 is 10.8. The van der Waals surface area contributed by atoms with E-state index in [1.165, 1.54) is 6.07 Å². The van der Waals surface area contributed by atoms with Gasteiger partial charge in [0.25, 0.3) is 11.1 Å². The second-order valence-corrected chi connectivity index (χ2v) is 7.02. The van der Waals surface area contributed by atoms with E-state index in [1.54, 1.807) is 38.3 Å². The summed E-state index contributed by atoms with van der Waals surface area (Å²) in [5.41, 5.74) is 1.57. The molecule has 9 heteroatoms. The molecule has 1 N–H and O–H groups in total. The van der Waals surface area contributed by atoms with Gasteiger partial charge in [-0.1, -0.05) is 23.4 Å². The highest BCUT2D eigenvalue weighted by Crippen LogP contribution is 2.29. The van der Waals surface area contributed by atoms with Crippen molar-refractivity contribution in [3.63, 3.8) is 0 Å². The Morgan fingerprint density at radius 3 is 2.85 bits per heavy atom. The van der Waals surface area contributed by atoms with E-state index in [0.717, 1.165) is 11.8 Å². The number of benzene rings is 1. The smallest absolute Gasteiger partial charge is 0.277 e. The summed E-state index contributed by atoms with van der Waals surface area (Å²) in [6.07, 6.45) is 1.54. The third-order valence-electron chi connectivity index (χ3n) is 3.50. The molecule has 132 valence electrons. The van der Waals surface area contributed by atoms with Gasteiger partial charge in [-0.25, -0.2) is 0 Å². The molecule has 1 amide bonds. The fourth-order valence-corrected chi connectivity index (χ4v) is 3.01. The van der Waals surface area contributed by atoms with Crippen LogP contribution in [-0.4, -0.2) is 21.4 Å². The fourth-order valence-electron chi connectivity index (χ4n) is 2.11. The normalized spacial score (nSPS) is 11.8. The van der Waals surface area contributed by atoms with E-state index in [0.29, 0.717) is 28.5 Å². The Morgan fingerprint density at radius 1 is 1.38 bits per heavy atom. The highest BCUT2D eigenvalue weighted by atomic mass is 35.5. The van der Waals surface area contributed by atoms with Crippen molar-refractivity contribution in [3.8, 4) is 17.5 Å². The summed E-state index contributed by atoms with van der Waals surface area (Å²) in [7, 11) is 0. The van der Waals surface area contributed by atoms with E-state index in [-0.39, 0.29) is 16.2 Å². The Bertz CT molecular complexity index is 992. The number of nitrogens with zero attached hydrogens (tertiary/aromatic N) is 3. The molecule has 7 nitrogen and oxygen atoms in total. The topological polar surface area (TPSA) is 105 Å². The Balaban J connectivity index is 1.65. The van der Waals surface area contributed by atoms with Crippen LogP contribution in [0, 0.1) is 18.3 Å². The molecule has 0 aliphatic carbocycles. The SMILES string of the molecule is Cc1occc1-c1nnc(SC(C)C(=O)Nc2ccc(C#N)c(Cl)c2)o1. The maximum Gasteiger partial charge on any atom is 0.277 e. The van der Waals surface area contributed by atoms with Crippen LogP contribution in [0.5, 0.6) is 0 Å². The van der Waals surface area contributed by atoms with Gasteiger partial charge in [0.1, 0.15) is 11.8 Å². The number of rotatable bonds is 5. The second-order valence-electron chi connectivity index (χ2n) is 5.32. The minimum atomic E-state index is -0.483. The van der Waals surface area contributed by atoms with Gasteiger partial charge in [-0.2, -0.15) is 5.26 Å². The highest BCUT2D eigenvalue weighted by molar-refractivity contribution is 8.00. The van der Waals surface area contributed by atoms with Gasteiger partial charge in [-0.3, -0.25) is 4.79 Å². The third-order valence-corrected chi connectivity index (χ3v) is 4.75. The summed E-state index contributed by atoms with van der Waals surface area (Å²) in [5.74, 6) is 0.758. The third kappa shape index (κ3) is 3.90. The number of aromatic nitrogens is 2. The predicted molar refractivity (Wildman–Crippen MR) is 96.9 cm³/mol. The number of nitriles is 1. The van der Waals surface area contributed by atoms with Gasteiger partial charge in [0.15, 0.2) is 0 Å². The van der Waals surface area contributed by atoms with Crippen molar-refractivity contribution in [2.75, 3.05) is 5.32 Å². The van der Waals surface area contributed by atoms with Crippen molar-refractivity contribution in [2.45, 2.75) is 24.3 Å². The molecular formula is C17H13ClN4O3S. The van der Waals surface area contributed by atoms with Crippen molar-refractivity contribution >= 4 is 35.0 Å². The molecule has 0 saturated carbocycles. The molecule has 0 aliphatic rings. The molecule has 0 spiro atoms. The molecule has 0 bridgehead atoms. The van der Waals surface area contributed by atoms with Gasteiger partial charge in [0.2, 0.25) is 5.91 Å². The molecule has 0 aliphatic heterocycles. The molecule has 1 aromatic carbocycles. The van der Waals surface area contributed by atoms with Crippen LogP contribution in [0.15, 0.2) is 44.6 Å². The van der Waals surface area contributed by atoms with E-state index in [4.69, 9.17) is 25.7 Å². The number of amides is 1. The van der Waals surface area contributed by atoms with Crippen LogP contribution in [0.25, 0.3) is 11.5 Å². The first-order valence-corrected chi connectivity index (χ1v) is 8.79. The zero-order valence-corrected chi connectivity index (χ0v) is 15.4. The molecule has 1 atom stereocenters. The molecule has 0 fully saturated rings. The number of hydrogen-bond donors (Lipinski definition) is 1. The molecule has 3 aromatic rings. The monoisotopic (exact) mass is 388 g/mol. The summed E-state index contributed by atoms with van der Waals surface area (Å²) in [4.78, 5) is 12.3. The largest absolute Gasteiger partial charge is 0.469 e. The van der Waals surface area contributed by atoms with E-state index >= 15 is 0 Å². The van der Waals surface area contributed by atoms with Gasteiger partial charge in [-0.05, 0) is 38.1 Å². The highest BCUT2D eigenvalue weighted by Gasteiger charge is 2.20. The number of thioether (sulfide) groups is 1. The summed E-state index contributed by atoms with van der Waals surface area (Å²) >= 11 is 7.11. The number of hydrogen-bond acceptors (Lipinski definition) is 7.